The van der Waals surface area contributed by atoms with Gasteiger partial charge in [-0.2, -0.15) is 0 Å². The fourth-order valence-electron chi connectivity index (χ4n) is 2.09. The van der Waals surface area contributed by atoms with Crippen LogP contribution in [0, 0.1) is 5.82 Å². The number of hydrogen-bond donors (Lipinski definition) is 1. The number of hydrogen-bond acceptors (Lipinski definition) is 3. The molecule has 0 unspecified atom stereocenters. The van der Waals surface area contributed by atoms with Crippen LogP contribution in [-0.4, -0.2) is 27.5 Å². The van der Waals surface area contributed by atoms with E-state index >= 15 is 0 Å². The Morgan fingerprint density at radius 3 is 2.67 bits per heavy atom. The fraction of sp³-hybridized carbons (Fsp3) is 0.250. The van der Waals surface area contributed by atoms with E-state index in [1.54, 1.807) is 12.3 Å². The molecule has 0 aliphatic rings. The van der Waals surface area contributed by atoms with E-state index in [9.17, 15) is 9.18 Å². The lowest BCUT2D eigenvalue weighted by Crippen LogP contribution is -2.23. The number of aromatic carboxylic acids is 1. The van der Waals surface area contributed by atoms with Crippen molar-refractivity contribution in [2.45, 2.75) is 20.0 Å². The van der Waals surface area contributed by atoms with Gasteiger partial charge in [0.1, 0.15) is 5.82 Å². The van der Waals surface area contributed by atoms with Crippen LogP contribution in [0.3, 0.4) is 0 Å². The van der Waals surface area contributed by atoms with E-state index in [-0.39, 0.29) is 5.56 Å². The summed E-state index contributed by atoms with van der Waals surface area (Å²) >= 11 is 0. The molecule has 2 aromatic rings. The van der Waals surface area contributed by atoms with Crippen LogP contribution in [-0.2, 0) is 13.1 Å². The number of carboxylic acid groups (broad SMARTS) is 1. The Morgan fingerprint density at radius 1 is 1.29 bits per heavy atom. The zero-order valence-electron chi connectivity index (χ0n) is 11.8. The van der Waals surface area contributed by atoms with E-state index < -0.39 is 11.8 Å². The topological polar surface area (TPSA) is 53.4 Å². The van der Waals surface area contributed by atoms with Crippen molar-refractivity contribution in [1.82, 2.24) is 9.88 Å². The van der Waals surface area contributed by atoms with Crippen molar-refractivity contribution in [3.05, 3.63) is 65.2 Å². The van der Waals surface area contributed by atoms with Gasteiger partial charge in [-0.1, -0.05) is 19.1 Å². The molecule has 1 N–H and O–H groups in total. The van der Waals surface area contributed by atoms with E-state index in [0.717, 1.165) is 17.8 Å². The quantitative estimate of drug-likeness (QED) is 0.888. The van der Waals surface area contributed by atoms with Gasteiger partial charge in [0.15, 0.2) is 0 Å². The molecule has 0 saturated carbocycles. The summed E-state index contributed by atoms with van der Waals surface area (Å²) in [5.41, 5.74) is 1.39. The Balaban J connectivity index is 2.08. The number of carbonyl (C=O) groups is 1. The van der Waals surface area contributed by atoms with Crippen LogP contribution < -0.4 is 0 Å². The molecule has 1 aromatic heterocycles. The molecule has 0 saturated heterocycles. The first-order valence-corrected chi connectivity index (χ1v) is 6.74. The average molecular weight is 288 g/mol. The molecule has 0 aliphatic heterocycles. The van der Waals surface area contributed by atoms with Crippen molar-refractivity contribution in [2.24, 2.45) is 0 Å². The normalized spacial score (nSPS) is 10.8. The molecule has 0 amide bonds. The first-order valence-electron chi connectivity index (χ1n) is 6.74. The Morgan fingerprint density at radius 2 is 2.10 bits per heavy atom. The molecule has 0 spiro atoms. The maximum Gasteiger partial charge on any atom is 0.338 e. The Bertz CT molecular complexity index is 617. The van der Waals surface area contributed by atoms with Crippen molar-refractivity contribution >= 4 is 5.97 Å². The molecule has 0 aliphatic carbocycles. The van der Waals surface area contributed by atoms with Gasteiger partial charge in [0.25, 0.3) is 0 Å². The largest absolute Gasteiger partial charge is 0.478 e. The Labute approximate surface area is 122 Å². The van der Waals surface area contributed by atoms with E-state index in [1.807, 2.05) is 25.1 Å². The summed E-state index contributed by atoms with van der Waals surface area (Å²) in [6, 6.07) is 9.97. The average Bonchev–Trinajstić information content (AvgIpc) is 2.47. The first kappa shape index (κ1) is 15.1. The molecule has 5 heteroatoms. The molecule has 0 fully saturated rings. The summed E-state index contributed by atoms with van der Waals surface area (Å²) in [5, 5.41) is 8.82. The predicted molar refractivity (Wildman–Crippen MR) is 77.4 cm³/mol. The van der Waals surface area contributed by atoms with Gasteiger partial charge in [0.2, 0.25) is 0 Å². The maximum absolute atomic E-state index is 13.7. The summed E-state index contributed by atoms with van der Waals surface area (Å²) in [5.74, 6) is -1.95. The monoisotopic (exact) mass is 288 g/mol. The van der Waals surface area contributed by atoms with E-state index in [4.69, 9.17) is 5.11 Å². The molecule has 0 atom stereocenters. The van der Waals surface area contributed by atoms with Gasteiger partial charge in [-0.05, 0) is 36.4 Å². The van der Waals surface area contributed by atoms with E-state index in [2.05, 4.69) is 9.88 Å². The fourth-order valence-corrected chi connectivity index (χ4v) is 2.09. The summed E-state index contributed by atoms with van der Waals surface area (Å²) < 4.78 is 13.7. The third-order valence-electron chi connectivity index (χ3n) is 3.23. The lowest BCUT2D eigenvalue weighted by Gasteiger charge is -2.20. The molecule has 4 nitrogen and oxygen atoms in total. The molecule has 0 bridgehead atoms. The highest BCUT2D eigenvalue weighted by molar-refractivity contribution is 5.87. The molecule has 1 heterocycles. The van der Waals surface area contributed by atoms with Crippen LogP contribution in [0.5, 0.6) is 0 Å². The number of aromatic nitrogens is 1. The summed E-state index contributed by atoms with van der Waals surface area (Å²) in [7, 11) is 0. The third kappa shape index (κ3) is 4.10. The van der Waals surface area contributed by atoms with Crippen molar-refractivity contribution in [3.63, 3.8) is 0 Å². The molecule has 110 valence electrons. The van der Waals surface area contributed by atoms with Gasteiger partial charge in [-0.3, -0.25) is 9.88 Å². The minimum absolute atomic E-state index is 0.300. The molecular formula is C16H17FN2O2. The SMILES string of the molecule is CCN(Cc1ccc(C(=O)O)c(F)c1)Cc1ccccn1. The Hall–Kier alpha value is -2.27. The zero-order chi connectivity index (χ0) is 15.2. The van der Waals surface area contributed by atoms with Gasteiger partial charge in [-0.25, -0.2) is 9.18 Å². The van der Waals surface area contributed by atoms with Crippen LogP contribution in [0.25, 0.3) is 0 Å². The summed E-state index contributed by atoms with van der Waals surface area (Å²) in [6.45, 7) is 4.02. The van der Waals surface area contributed by atoms with Crippen LogP contribution in [0.2, 0.25) is 0 Å². The zero-order valence-corrected chi connectivity index (χ0v) is 11.8. The van der Waals surface area contributed by atoms with Gasteiger partial charge < -0.3 is 5.11 Å². The minimum Gasteiger partial charge on any atom is -0.478 e. The van der Waals surface area contributed by atoms with Crippen LogP contribution >= 0.6 is 0 Å². The molecule has 0 radical (unpaired) electrons. The lowest BCUT2D eigenvalue weighted by atomic mass is 10.1. The number of pyridine rings is 1. The molecule has 1 aromatic carbocycles. The smallest absolute Gasteiger partial charge is 0.338 e. The molecular weight excluding hydrogens is 271 g/mol. The van der Waals surface area contributed by atoms with Gasteiger partial charge in [-0.15, -0.1) is 0 Å². The van der Waals surface area contributed by atoms with Gasteiger partial charge in [0, 0.05) is 19.3 Å². The number of nitrogens with zero attached hydrogens (tertiary/aromatic N) is 2. The van der Waals surface area contributed by atoms with Crippen molar-refractivity contribution < 1.29 is 14.3 Å². The van der Waals surface area contributed by atoms with Crippen molar-refractivity contribution in [1.29, 1.82) is 0 Å². The summed E-state index contributed by atoms with van der Waals surface area (Å²) in [4.78, 5) is 17.2. The van der Waals surface area contributed by atoms with Crippen LogP contribution in [0.15, 0.2) is 42.6 Å². The highest BCUT2D eigenvalue weighted by Gasteiger charge is 2.12. The van der Waals surface area contributed by atoms with Crippen molar-refractivity contribution in [3.8, 4) is 0 Å². The van der Waals surface area contributed by atoms with Gasteiger partial charge >= 0.3 is 5.97 Å². The second-order valence-electron chi connectivity index (χ2n) is 4.74. The van der Waals surface area contributed by atoms with Gasteiger partial charge in [0.05, 0.1) is 11.3 Å². The third-order valence-corrected chi connectivity index (χ3v) is 3.23. The van der Waals surface area contributed by atoms with Crippen LogP contribution in [0.4, 0.5) is 4.39 Å². The van der Waals surface area contributed by atoms with Crippen LogP contribution in [0.1, 0.15) is 28.5 Å². The standard InChI is InChI=1S/C16H17FN2O2/c1-2-19(11-13-5-3-4-8-18-13)10-12-6-7-14(16(20)21)15(17)9-12/h3-9H,2,10-11H2,1H3,(H,20,21). The lowest BCUT2D eigenvalue weighted by molar-refractivity contribution is 0.0692. The number of halogens is 1. The highest BCUT2D eigenvalue weighted by atomic mass is 19.1. The predicted octanol–water partition coefficient (Wildman–Crippen LogP) is 2.94. The maximum atomic E-state index is 13.7. The number of rotatable bonds is 6. The minimum atomic E-state index is -1.25. The summed E-state index contributed by atoms with van der Waals surface area (Å²) in [6.07, 6.45) is 1.74. The Kier molecular flexibility index (Phi) is 5.00. The number of carboxylic acids is 1. The highest BCUT2D eigenvalue weighted by Crippen LogP contribution is 2.13. The second kappa shape index (κ2) is 6.95. The second-order valence-corrected chi connectivity index (χ2v) is 4.74. The van der Waals surface area contributed by atoms with E-state index in [1.165, 1.54) is 12.1 Å². The number of benzene rings is 1. The van der Waals surface area contributed by atoms with E-state index in [0.29, 0.717) is 13.1 Å². The molecule has 21 heavy (non-hydrogen) atoms. The van der Waals surface area contributed by atoms with Crippen molar-refractivity contribution in [2.75, 3.05) is 6.54 Å². The first-order chi connectivity index (χ1) is 10.1. The molecule has 2 rings (SSSR count).